The lowest BCUT2D eigenvalue weighted by molar-refractivity contribution is -0.129. The van der Waals surface area contributed by atoms with Gasteiger partial charge >= 0.3 is 5.97 Å². The summed E-state index contributed by atoms with van der Waals surface area (Å²) in [7, 11) is 0. The van der Waals surface area contributed by atoms with Crippen LogP contribution >= 0.6 is 34.2 Å². The molecule has 4 rings (SSSR count). The van der Waals surface area contributed by atoms with Crippen molar-refractivity contribution in [2.24, 2.45) is 4.99 Å². The fourth-order valence-electron chi connectivity index (χ4n) is 2.79. The molecule has 3 aromatic rings. The first-order valence-electron chi connectivity index (χ1n) is 8.84. The van der Waals surface area contributed by atoms with E-state index in [1.165, 1.54) is 0 Å². The van der Waals surface area contributed by atoms with Gasteiger partial charge in [-0.15, -0.1) is 0 Å². The van der Waals surface area contributed by atoms with E-state index in [2.05, 4.69) is 27.6 Å². The smallest absolute Gasteiger partial charge is 0.363 e. The number of hydrogen-bond acceptors (Lipinski definition) is 4. The molecule has 4 nitrogen and oxygen atoms in total. The molecule has 0 saturated heterocycles. The zero-order valence-corrected chi connectivity index (χ0v) is 18.1. The predicted octanol–water partition coefficient (Wildman–Crippen LogP) is 5.87. The number of esters is 1. The number of carbonyl (C=O) groups excluding carboxylic acids is 1. The van der Waals surface area contributed by atoms with E-state index in [9.17, 15) is 4.79 Å². The van der Waals surface area contributed by atoms with Crippen LogP contribution in [0.5, 0.6) is 5.75 Å². The van der Waals surface area contributed by atoms with E-state index in [1.54, 1.807) is 18.2 Å². The van der Waals surface area contributed by atoms with Gasteiger partial charge in [-0.05, 0) is 64.6 Å². The highest BCUT2D eigenvalue weighted by Crippen LogP contribution is 2.25. The molecule has 0 amide bonds. The van der Waals surface area contributed by atoms with Crippen molar-refractivity contribution in [2.45, 2.75) is 6.61 Å². The van der Waals surface area contributed by atoms with Gasteiger partial charge in [0.2, 0.25) is 5.90 Å². The molecule has 0 atom stereocenters. The molecule has 0 bridgehead atoms. The van der Waals surface area contributed by atoms with Gasteiger partial charge in [0, 0.05) is 9.13 Å². The maximum Gasteiger partial charge on any atom is 0.363 e. The quantitative estimate of drug-likeness (QED) is 0.243. The summed E-state index contributed by atoms with van der Waals surface area (Å²) in [6, 6.07) is 22.7. The number of hydrogen-bond donors (Lipinski definition) is 0. The minimum Gasteiger partial charge on any atom is -0.489 e. The second-order valence-corrected chi connectivity index (χ2v) is 7.84. The van der Waals surface area contributed by atoms with Gasteiger partial charge in [0.05, 0.1) is 10.6 Å². The Bertz CT molecular complexity index is 1140. The van der Waals surface area contributed by atoms with E-state index in [1.807, 2.05) is 60.7 Å². The standard InChI is InChI=1S/C23H15ClINO3/c24-19-10-3-2-9-18(19)22-26-21(23(27)29-22)13-15-6-5-8-17(12-15)28-14-16-7-1-4-11-20(16)25/h1-13H,14H2/b21-13-. The third-order valence-corrected chi connectivity index (χ3v) is 5.62. The van der Waals surface area contributed by atoms with Crippen molar-refractivity contribution >= 4 is 52.1 Å². The van der Waals surface area contributed by atoms with Crippen LogP contribution in [0, 0.1) is 3.57 Å². The number of benzene rings is 3. The summed E-state index contributed by atoms with van der Waals surface area (Å²) in [6.45, 7) is 0.468. The van der Waals surface area contributed by atoms with E-state index in [4.69, 9.17) is 21.1 Å². The van der Waals surface area contributed by atoms with E-state index >= 15 is 0 Å². The van der Waals surface area contributed by atoms with E-state index < -0.39 is 5.97 Å². The number of aliphatic imine (C=N–C) groups is 1. The third kappa shape index (κ3) is 4.68. The summed E-state index contributed by atoms with van der Waals surface area (Å²) < 4.78 is 12.3. The van der Waals surface area contributed by atoms with Crippen LogP contribution < -0.4 is 4.74 Å². The molecule has 0 fully saturated rings. The zero-order valence-electron chi connectivity index (χ0n) is 15.1. The summed E-state index contributed by atoms with van der Waals surface area (Å²) in [5, 5.41) is 0.478. The molecule has 0 aromatic heterocycles. The van der Waals surface area contributed by atoms with Gasteiger partial charge in [-0.25, -0.2) is 9.79 Å². The van der Waals surface area contributed by atoms with Crippen molar-refractivity contribution in [1.29, 1.82) is 0 Å². The number of carbonyl (C=O) groups is 1. The Balaban J connectivity index is 1.54. The first-order chi connectivity index (χ1) is 14.1. The lowest BCUT2D eigenvalue weighted by Gasteiger charge is -2.08. The van der Waals surface area contributed by atoms with Gasteiger partial charge in [0.15, 0.2) is 5.70 Å². The molecule has 0 N–H and O–H groups in total. The number of cyclic esters (lactones) is 1. The molecule has 1 aliphatic heterocycles. The predicted molar refractivity (Wildman–Crippen MR) is 122 cm³/mol. The summed E-state index contributed by atoms with van der Waals surface area (Å²) in [5.41, 5.74) is 2.71. The minimum absolute atomic E-state index is 0.206. The molecular formula is C23H15ClINO3. The Labute approximate surface area is 187 Å². The van der Waals surface area contributed by atoms with E-state index in [-0.39, 0.29) is 11.6 Å². The molecule has 1 aliphatic rings. The lowest BCUT2D eigenvalue weighted by atomic mass is 10.2. The van der Waals surface area contributed by atoms with Crippen molar-refractivity contribution in [3.63, 3.8) is 0 Å². The zero-order chi connectivity index (χ0) is 20.2. The first-order valence-corrected chi connectivity index (χ1v) is 10.3. The van der Waals surface area contributed by atoms with E-state index in [0.717, 1.165) is 14.7 Å². The van der Waals surface area contributed by atoms with Crippen LogP contribution in [0.4, 0.5) is 0 Å². The maximum absolute atomic E-state index is 12.2. The molecule has 0 unspecified atom stereocenters. The topological polar surface area (TPSA) is 47.9 Å². The number of halogens is 2. The van der Waals surface area contributed by atoms with Crippen molar-refractivity contribution in [2.75, 3.05) is 0 Å². The average Bonchev–Trinajstić information content (AvgIpc) is 3.08. The van der Waals surface area contributed by atoms with Crippen LogP contribution in [0.2, 0.25) is 5.02 Å². The molecule has 3 aromatic carbocycles. The Morgan fingerprint density at radius 1 is 1.03 bits per heavy atom. The number of ether oxygens (including phenoxy) is 2. The fourth-order valence-corrected chi connectivity index (χ4v) is 3.55. The fraction of sp³-hybridized carbons (Fsp3) is 0.0435. The molecule has 0 radical (unpaired) electrons. The Morgan fingerprint density at radius 2 is 1.83 bits per heavy atom. The van der Waals surface area contributed by atoms with Crippen molar-refractivity contribution in [3.8, 4) is 5.75 Å². The maximum atomic E-state index is 12.2. The second-order valence-electron chi connectivity index (χ2n) is 6.27. The van der Waals surface area contributed by atoms with Gasteiger partial charge in [0.1, 0.15) is 12.4 Å². The van der Waals surface area contributed by atoms with Crippen molar-refractivity contribution in [3.05, 3.63) is 104 Å². The summed E-state index contributed by atoms with van der Waals surface area (Å²) in [6.07, 6.45) is 1.67. The van der Waals surface area contributed by atoms with Gasteiger partial charge in [-0.1, -0.05) is 54.1 Å². The van der Waals surface area contributed by atoms with Crippen LogP contribution in [0.1, 0.15) is 16.7 Å². The van der Waals surface area contributed by atoms with Crippen molar-refractivity contribution in [1.82, 2.24) is 0 Å². The molecule has 29 heavy (non-hydrogen) atoms. The lowest BCUT2D eigenvalue weighted by Crippen LogP contribution is -2.05. The second kappa shape index (κ2) is 8.80. The molecule has 6 heteroatoms. The highest BCUT2D eigenvalue weighted by atomic mass is 127. The van der Waals surface area contributed by atoms with Crippen molar-refractivity contribution < 1.29 is 14.3 Å². The number of rotatable bonds is 5. The molecule has 0 aliphatic carbocycles. The molecule has 0 spiro atoms. The highest BCUT2D eigenvalue weighted by molar-refractivity contribution is 14.1. The minimum atomic E-state index is -0.509. The Kier molecular flexibility index (Phi) is 5.97. The summed E-state index contributed by atoms with van der Waals surface area (Å²) >= 11 is 8.46. The normalized spacial score (nSPS) is 14.6. The molecular weight excluding hydrogens is 501 g/mol. The largest absolute Gasteiger partial charge is 0.489 e. The molecule has 144 valence electrons. The van der Waals surface area contributed by atoms with Crippen LogP contribution in [0.15, 0.2) is 83.5 Å². The average molecular weight is 516 g/mol. The van der Waals surface area contributed by atoms with Crippen LogP contribution in [-0.4, -0.2) is 11.9 Å². The van der Waals surface area contributed by atoms with Gasteiger partial charge in [-0.2, -0.15) is 0 Å². The Morgan fingerprint density at radius 3 is 2.66 bits per heavy atom. The molecule has 0 saturated carbocycles. The summed E-state index contributed by atoms with van der Waals surface area (Å²) in [5.74, 6) is 0.406. The third-order valence-electron chi connectivity index (χ3n) is 4.24. The first kappa shape index (κ1) is 19.7. The SMILES string of the molecule is O=C1OC(c2ccccc2Cl)=N/C1=C\c1cccc(OCc2ccccc2I)c1. The van der Waals surface area contributed by atoms with Crippen LogP contribution in [0.25, 0.3) is 6.08 Å². The monoisotopic (exact) mass is 515 g/mol. The van der Waals surface area contributed by atoms with Gasteiger partial charge < -0.3 is 9.47 Å². The summed E-state index contributed by atoms with van der Waals surface area (Å²) in [4.78, 5) is 16.5. The highest BCUT2D eigenvalue weighted by Gasteiger charge is 2.25. The van der Waals surface area contributed by atoms with E-state index in [0.29, 0.717) is 22.9 Å². The van der Waals surface area contributed by atoms with Gasteiger partial charge in [0.25, 0.3) is 0 Å². The Hall–Kier alpha value is -2.64. The van der Waals surface area contributed by atoms with Crippen LogP contribution in [-0.2, 0) is 16.1 Å². The van der Waals surface area contributed by atoms with Gasteiger partial charge in [-0.3, -0.25) is 0 Å². The number of nitrogens with zero attached hydrogens (tertiary/aromatic N) is 1. The van der Waals surface area contributed by atoms with Crippen LogP contribution in [0.3, 0.4) is 0 Å². The molecule has 1 heterocycles.